The molecular formula is C6H12N2O4S. The number of nitrogens with one attached hydrogen (secondary N) is 2. The molecule has 3 N–H and O–H groups in total. The van der Waals surface area contributed by atoms with Crippen LogP contribution in [0.1, 0.15) is 6.42 Å². The van der Waals surface area contributed by atoms with E-state index in [9.17, 15) is 13.2 Å². The highest BCUT2D eigenvalue weighted by atomic mass is 32.2. The van der Waals surface area contributed by atoms with E-state index in [0.717, 1.165) is 0 Å². The fraction of sp³-hybridized carbons (Fsp3) is 0.833. The minimum atomic E-state index is -3.43. The third-order valence-corrected chi connectivity index (χ3v) is 3.10. The molecule has 0 radical (unpaired) electrons. The third-order valence-electron chi connectivity index (χ3n) is 1.68. The maximum atomic E-state index is 11.1. The molecule has 1 aliphatic rings. The van der Waals surface area contributed by atoms with Crippen molar-refractivity contribution in [1.29, 1.82) is 0 Å². The van der Waals surface area contributed by atoms with Gasteiger partial charge in [0.15, 0.2) is 0 Å². The first-order valence-corrected chi connectivity index (χ1v) is 5.56. The molecule has 1 aliphatic heterocycles. The van der Waals surface area contributed by atoms with Crippen molar-refractivity contribution < 1.29 is 18.3 Å². The van der Waals surface area contributed by atoms with Crippen molar-refractivity contribution in [2.45, 2.75) is 12.5 Å². The number of aliphatic hydroxyl groups is 1. The van der Waals surface area contributed by atoms with Crippen LogP contribution >= 0.6 is 0 Å². The molecule has 1 heterocycles. The summed E-state index contributed by atoms with van der Waals surface area (Å²) in [5, 5.41) is 10.9. The number of aliphatic hydroxyl groups excluding tert-OH is 1. The lowest BCUT2D eigenvalue weighted by Gasteiger charge is -2.09. The Balaban J connectivity index is 2.44. The van der Waals surface area contributed by atoms with Gasteiger partial charge in [0.1, 0.15) is 0 Å². The minimum absolute atomic E-state index is 0.156. The van der Waals surface area contributed by atoms with Crippen LogP contribution in [0.3, 0.4) is 0 Å². The van der Waals surface area contributed by atoms with Gasteiger partial charge >= 0.3 is 0 Å². The zero-order chi connectivity index (χ0) is 9.90. The van der Waals surface area contributed by atoms with Crippen molar-refractivity contribution >= 4 is 15.9 Å². The van der Waals surface area contributed by atoms with E-state index in [0.29, 0.717) is 6.54 Å². The lowest BCUT2D eigenvalue weighted by atomic mass is 10.3. The van der Waals surface area contributed by atoms with Crippen LogP contribution in [0, 0.1) is 0 Å². The topological polar surface area (TPSA) is 95.5 Å². The smallest absolute Gasteiger partial charge is 0.221 e. The first-order chi connectivity index (χ1) is 6.03. The molecule has 1 saturated heterocycles. The summed E-state index contributed by atoms with van der Waals surface area (Å²) in [5.74, 6) is -0.478. The van der Waals surface area contributed by atoms with Crippen LogP contribution in [0.2, 0.25) is 0 Å². The molecule has 6 nitrogen and oxygen atoms in total. The summed E-state index contributed by atoms with van der Waals surface area (Å²) in [6.45, 7) is -0.0904. The molecule has 0 aromatic carbocycles. The Labute approximate surface area is 76.4 Å². The summed E-state index contributed by atoms with van der Waals surface area (Å²) in [6, 6.07) is -0.371. The van der Waals surface area contributed by atoms with Gasteiger partial charge in [-0.25, -0.2) is 13.1 Å². The summed E-state index contributed by atoms with van der Waals surface area (Å²) in [6.07, 6.45) is 0.171. The van der Waals surface area contributed by atoms with E-state index in [2.05, 4.69) is 10.0 Å². The summed E-state index contributed by atoms with van der Waals surface area (Å²) in [5.41, 5.74) is 0. The molecule has 0 saturated carbocycles. The Kier molecular flexibility index (Phi) is 3.23. The van der Waals surface area contributed by atoms with Crippen molar-refractivity contribution in [3.05, 3.63) is 0 Å². The number of amides is 1. The highest BCUT2D eigenvalue weighted by Crippen LogP contribution is 2.00. The molecule has 76 valence electrons. The SMILES string of the molecule is O=C1CC(NS(=O)(=O)CCO)CN1. The van der Waals surface area contributed by atoms with E-state index in [-0.39, 0.29) is 24.1 Å². The summed E-state index contributed by atoms with van der Waals surface area (Å²) < 4.78 is 24.5. The average molecular weight is 208 g/mol. The Morgan fingerprint density at radius 1 is 1.62 bits per heavy atom. The lowest BCUT2D eigenvalue weighted by Crippen LogP contribution is -2.38. The Bertz CT molecular complexity index is 287. The molecule has 0 aromatic rings. The number of rotatable bonds is 4. The first-order valence-electron chi connectivity index (χ1n) is 3.91. The van der Waals surface area contributed by atoms with Crippen LogP contribution in [0.15, 0.2) is 0 Å². The molecule has 1 fully saturated rings. The van der Waals surface area contributed by atoms with Gasteiger partial charge in [0.25, 0.3) is 0 Å². The highest BCUT2D eigenvalue weighted by Gasteiger charge is 2.25. The number of carbonyl (C=O) groups excluding carboxylic acids is 1. The summed E-state index contributed by atoms with van der Waals surface area (Å²) >= 11 is 0. The number of sulfonamides is 1. The van der Waals surface area contributed by atoms with Crippen LogP contribution in [0.5, 0.6) is 0 Å². The number of hydrogen-bond acceptors (Lipinski definition) is 4. The standard InChI is InChI=1S/C6H12N2O4S/c9-1-2-13(11,12)8-5-3-6(10)7-4-5/h5,8-9H,1-4H2,(H,7,10). The van der Waals surface area contributed by atoms with E-state index in [1.165, 1.54) is 0 Å². The van der Waals surface area contributed by atoms with Gasteiger partial charge in [-0.05, 0) is 0 Å². The van der Waals surface area contributed by atoms with Gasteiger partial charge in [0, 0.05) is 19.0 Å². The molecule has 7 heteroatoms. The van der Waals surface area contributed by atoms with Crippen molar-refractivity contribution in [3.8, 4) is 0 Å². The fourth-order valence-electron chi connectivity index (χ4n) is 1.12. The normalized spacial score (nSPS) is 23.2. The Morgan fingerprint density at radius 2 is 2.31 bits per heavy atom. The van der Waals surface area contributed by atoms with Gasteiger partial charge in [-0.2, -0.15) is 0 Å². The van der Waals surface area contributed by atoms with Crippen molar-refractivity contribution in [2.75, 3.05) is 18.9 Å². The average Bonchev–Trinajstić information content (AvgIpc) is 2.34. The van der Waals surface area contributed by atoms with Crippen LogP contribution in [0.4, 0.5) is 0 Å². The zero-order valence-corrected chi connectivity index (χ0v) is 7.80. The molecule has 1 unspecified atom stereocenters. The quantitative estimate of drug-likeness (QED) is 0.488. The maximum absolute atomic E-state index is 11.1. The van der Waals surface area contributed by atoms with Gasteiger partial charge in [0.05, 0.1) is 12.4 Å². The molecular weight excluding hydrogens is 196 g/mol. The lowest BCUT2D eigenvalue weighted by molar-refractivity contribution is -0.119. The predicted molar refractivity (Wildman–Crippen MR) is 45.4 cm³/mol. The molecule has 1 amide bonds. The summed E-state index contributed by atoms with van der Waals surface area (Å²) in [4.78, 5) is 10.7. The maximum Gasteiger partial charge on any atom is 0.221 e. The van der Waals surface area contributed by atoms with Crippen LogP contribution < -0.4 is 10.0 Å². The molecule has 0 aliphatic carbocycles. The van der Waals surface area contributed by atoms with E-state index in [1.54, 1.807) is 0 Å². The van der Waals surface area contributed by atoms with E-state index < -0.39 is 16.6 Å². The largest absolute Gasteiger partial charge is 0.395 e. The Morgan fingerprint density at radius 3 is 2.77 bits per heavy atom. The second-order valence-electron chi connectivity index (χ2n) is 2.87. The van der Waals surface area contributed by atoms with Gasteiger partial charge < -0.3 is 10.4 Å². The minimum Gasteiger partial charge on any atom is -0.395 e. The van der Waals surface area contributed by atoms with Crippen LogP contribution in [-0.4, -0.2) is 44.4 Å². The third kappa shape index (κ3) is 3.29. The van der Waals surface area contributed by atoms with Crippen LogP contribution in [-0.2, 0) is 14.8 Å². The molecule has 13 heavy (non-hydrogen) atoms. The molecule has 0 aromatic heterocycles. The molecule has 0 spiro atoms. The monoisotopic (exact) mass is 208 g/mol. The first kappa shape index (κ1) is 10.4. The second kappa shape index (κ2) is 4.03. The van der Waals surface area contributed by atoms with E-state index in [1.807, 2.05) is 0 Å². The van der Waals surface area contributed by atoms with E-state index >= 15 is 0 Å². The molecule has 0 bridgehead atoms. The zero-order valence-electron chi connectivity index (χ0n) is 6.99. The van der Waals surface area contributed by atoms with Gasteiger partial charge in [-0.3, -0.25) is 4.79 Å². The fourth-order valence-corrected chi connectivity index (χ4v) is 2.15. The van der Waals surface area contributed by atoms with Gasteiger partial charge in [0.2, 0.25) is 15.9 Å². The van der Waals surface area contributed by atoms with Crippen LogP contribution in [0.25, 0.3) is 0 Å². The van der Waals surface area contributed by atoms with Crippen molar-refractivity contribution in [2.24, 2.45) is 0 Å². The van der Waals surface area contributed by atoms with Gasteiger partial charge in [-0.15, -0.1) is 0 Å². The molecule has 1 atom stereocenters. The van der Waals surface area contributed by atoms with E-state index in [4.69, 9.17) is 5.11 Å². The highest BCUT2D eigenvalue weighted by molar-refractivity contribution is 7.89. The summed E-state index contributed by atoms with van der Waals surface area (Å²) in [7, 11) is -3.43. The predicted octanol–water partition coefficient (Wildman–Crippen LogP) is -2.21. The second-order valence-corrected chi connectivity index (χ2v) is 4.74. The van der Waals surface area contributed by atoms with Gasteiger partial charge in [-0.1, -0.05) is 0 Å². The molecule has 1 rings (SSSR count). The van der Waals surface area contributed by atoms with Crippen molar-refractivity contribution in [1.82, 2.24) is 10.0 Å². The van der Waals surface area contributed by atoms with Crippen molar-refractivity contribution in [3.63, 3.8) is 0 Å². The number of carbonyl (C=O) groups is 1. The Hall–Kier alpha value is -0.660. The number of hydrogen-bond donors (Lipinski definition) is 3.